The van der Waals surface area contributed by atoms with Gasteiger partial charge in [0.05, 0.1) is 19.3 Å². The lowest BCUT2D eigenvalue weighted by Crippen LogP contribution is -2.29. The van der Waals surface area contributed by atoms with Gasteiger partial charge >= 0.3 is 5.97 Å². The normalized spacial score (nSPS) is 10.2. The van der Waals surface area contributed by atoms with Crippen molar-refractivity contribution < 1.29 is 24.2 Å². The van der Waals surface area contributed by atoms with Crippen molar-refractivity contribution in [3.8, 4) is 11.5 Å². The second-order valence-electron chi connectivity index (χ2n) is 4.64. The average molecular weight is 281 g/mol. The van der Waals surface area contributed by atoms with Crippen molar-refractivity contribution in [1.82, 2.24) is 5.32 Å². The molecule has 0 heterocycles. The minimum absolute atomic E-state index is 0.285. The molecule has 0 bridgehead atoms. The largest absolute Gasteiger partial charge is 0.497 e. The van der Waals surface area contributed by atoms with Crippen LogP contribution in [0.3, 0.4) is 0 Å². The molecule has 1 aromatic carbocycles. The lowest BCUT2D eigenvalue weighted by Gasteiger charge is -2.14. The Kier molecular flexibility index (Phi) is 5.83. The maximum atomic E-state index is 11.9. The fourth-order valence-electron chi connectivity index (χ4n) is 1.44. The number of carbonyl (C=O) groups excluding carboxylic acids is 1. The molecule has 0 radical (unpaired) electrons. The Bertz CT molecular complexity index is 484. The highest BCUT2D eigenvalue weighted by molar-refractivity contribution is 5.98. The molecule has 0 spiro atoms. The third kappa shape index (κ3) is 4.79. The third-order valence-corrected chi connectivity index (χ3v) is 2.41. The summed E-state index contributed by atoms with van der Waals surface area (Å²) in [5.74, 6) is -0.346. The van der Waals surface area contributed by atoms with Crippen LogP contribution < -0.4 is 14.8 Å². The molecule has 1 amide bonds. The molecule has 2 N–H and O–H groups in total. The first-order chi connectivity index (χ1) is 9.43. The van der Waals surface area contributed by atoms with Gasteiger partial charge < -0.3 is 19.9 Å². The van der Waals surface area contributed by atoms with Gasteiger partial charge in [-0.2, -0.15) is 0 Å². The van der Waals surface area contributed by atoms with Crippen molar-refractivity contribution in [2.24, 2.45) is 5.92 Å². The number of hydrogen-bond donors (Lipinski definition) is 2. The summed E-state index contributed by atoms with van der Waals surface area (Å²) in [5, 5.41) is 10.9. The number of amides is 1. The molecule has 1 rings (SSSR count). The Labute approximate surface area is 117 Å². The molecule has 0 aliphatic rings. The van der Waals surface area contributed by atoms with E-state index < -0.39 is 18.4 Å². The van der Waals surface area contributed by atoms with Gasteiger partial charge in [-0.1, -0.05) is 13.8 Å². The molecule has 1 aromatic rings. The standard InChI is InChI=1S/C14H19NO5/c1-9(2)8-20-12-6-10(19-3)4-5-11(12)14(18)15-7-13(16)17/h4-6,9H,7-8H2,1-3H3,(H,15,18)(H,16,17). The molecule has 0 aliphatic carbocycles. The number of benzene rings is 1. The van der Waals surface area contributed by atoms with E-state index >= 15 is 0 Å². The second kappa shape index (κ2) is 7.37. The number of hydrogen-bond acceptors (Lipinski definition) is 4. The quantitative estimate of drug-likeness (QED) is 0.792. The zero-order valence-electron chi connectivity index (χ0n) is 11.8. The molecule has 0 aromatic heterocycles. The van der Waals surface area contributed by atoms with Crippen LogP contribution in [0.15, 0.2) is 18.2 Å². The van der Waals surface area contributed by atoms with Crippen molar-refractivity contribution in [2.75, 3.05) is 20.3 Å². The fraction of sp³-hybridized carbons (Fsp3) is 0.429. The van der Waals surface area contributed by atoms with E-state index in [-0.39, 0.29) is 5.56 Å². The van der Waals surface area contributed by atoms with E-state index in [0.29, 0.717) is 24.0 Å². The van der Waals surface area contributed by atoms with Crippen LogP contribution in [0.4, 0.5) is 0 Å². The van der Waals surface area contributed by atoms with E-state index in [4.69, 9.17) is 14.6 Å². The highest BCUT2D eigenvalue weighted by Crippen LogP contribution is 2.25. The number of ether oxygens (including phenoxy) is 2. The molecule has 0 fully saturated rings. The minimum atomic E-state index is -1.10. The van der Waals surface area contributed by atoms with Gasteiger partial charge in [-0.25, -0.2) is 0 Å². The van der Waals surface area contributed by atoms with Crippen LogP contribution >= 0.6 is 0 Å². The average Bonchev–Trinajstić information content (AvgIpc) is 2.42. The monoisotopic (exact) mass is 281 g/mol. The van der Waals surface area contributed by atoms with E-state index in [0.717, 1.165) is 0 Å². The Morgan fingerprint density at radius 3 is 2.60 bits per heavy atom. The topological polar surface area (TPSA) is 84.9 Å². The SMILES string of the molecule is COc1ccc(C(=O)NCC(=O)O)c(OCC(C)C)c1. The molecule has 20 heavy (non-hydrogen) atoms. The minimum Gasteiger partial charge on any atom is -0.497 e. The van der Waals surface area contributed by atoms with Crippen LogP contribution in [0.2, 0.25) is 0 Å². The van der Waals surface area contributed by atoms with Crippen LogP contribution in [-0.2, 0) is 4.79 Å². The first kappa shape index (κ1) is 15.8. The number of carbonyl (C=O) groups is 2. The number of rotatable bonds is 7. The highest BCUT2D eigenvalue weighted by Gasteiger charge is 2.15. The van der Waals surface area contributed by atoms with Gasteiger partial charge in [-0.3, -0.25) is 9.59 Å². The molecule has 0 aliphatic heterocycles. The predicted octanol–water partition coefficient (Wildman–Crippen LogP) is 1.54. The van der Waals surface area contributed by atoms with Crippen LogP contribution in [0.5, 0.6) is 11.5 Å². The van der Waals surface area contributed by atoms with Gasteiger partial charge in [0, 0.05) is 6.07 Å². The van der Waals surface area contributed by atoms with Crippen molar-refractivity contribution >= 4 is 11.9 Å². The van der Waals surface area contributed by atoms with E-state index in [9.17, 15) is 9.59 Å². The molecule has 0 saturated heterocycles. The van der Waals surface area contributed by atoms with Gasteiger partial charge in [0.25, 0.3) is 5.91 Å². The Morgan fingerprint density at radius 1 is 1.35 bits per heavy atom. The van der Waals surface area contributed by atoms with E-state index in [2.05, 4.69) is 5.32 Å². The van der Waals surface area contributed by atoms with Crippen LogP contribution in [0.25, 0.3) is 0 Å². The number of aliphatic carboxylic acids is 1. The lowest BCUT2D eigenvalue weighted by molar-refractivity contribution is -0.135. The second-order valence-corrected chi connectivity index (χ2v) is 4.64. The third-order valence-electron chi connectivity index (χ3n) is 2.41. The zero-order chi connectivity index (χ0) is 15.1. The molecule has 0 unspecified atom stereocenters. The molecule has 0 saturated carbocycles. The molecule has 110 valence electrons. The van der Waals surface area contributed by atoms with Gasteiger partial charge in [0.15, 0.2) is 0 Å². The number of nitrogens with one attached hydrogen (secondary N) is 1. The maximum absolute atomic E-state index is 11.9. The summed E-state index contributed by atoms with van der Waals surface area (Å²) in [6.45, 7) is 4.00. The summed E-state index contributed by atoms with van der Waals surface area (Å²) in [6.07, 6.45) is 0. The summed E-state index contributed by atoms with van der Waals surface area (Å²) in [7, 11) is 1.52. The fourth-order valence-corrected chi connectivity index (χ4v) is 1.44. The van der Waals surface area contributed by atoms with Crippen molar-refractivity contribution in [2.45, 2.75) is 13.8 Å². The number of carboxylic acids is 1. The van der Waals surface area contributed by atoms with E-state index in [1.165, 1.54) is 7.11 Å². The Morgan fingerprint density at radius 2 is 2.05 bits per heavy atom. The Hall–Kier alpha value is -2.24. The predicted molar refractivity (Wildman–Crippen MR) is 73.3 cm³/mol. The maximum Gasteiger partial charge on any atom is 0.322 e. The molecule has 0 atom stereocenters. The van der Waals surface area contributed by atoms with Crippen LogP contribution in [0, 0.1) is 5.92 Å². The van der Waals surface area contributed by atoms with Crippen molar-refractivity contribution in [3.05, 3.63) is 23.8 Å². The molecular weight excluding hydrogens is 262 g/mol. The molecule has 6 nitrogen and oxygen atoms in total. The van der Waals surface area contributed by atoms with E-state index in [1.807, 2.05) is 13.8 Å². The molecular formula is C14H19NO5. The Balaban J connectivity index is 2.91. The van der Waals surface area contributed by atoms with Gasteiger partial charge in [0.1, 0.15) is 18.0 Å². The summed E-state index contributed by atoms with van der Waals surface area (Å²) < 4.78 is 10.7. The van der Waals surface area contributed by atoms with Crippen molar-refractivity contribution in [1.29, 1.82) is 0 Å². The first-order valence-corrected chi connectivity index (χ1v) is 6.25. The van der Waals surface area contributed by atoms with Crippen molar-refractivity contribution in [3.63, 3.8) is 0 Å². The summed E-state index contributed by atoms with van der Waals surface area (Å²) in [6, 6.07) is 4.78. The highest BCUT2D eigenvalue weighted by atomic mass is 16.5. The molecule has 6 heteroatoms. The van der Waals surface area contributed by atoms with Gasteiger partial charge in [0.2, 0.25) is 0 Å². The number of methoxy groups -OCH3 is 1. The van der Waals surface area contributed by atoms with Crippen LogP contribution in [0.1, 0.15) is 24.2 Å². The first-order valence-electron chi connectivity index (χ1n) is 6.25. The van der Waals surface area contributed by atoms with Crippen LogP contribution in [-0.4, -0.2) is 37.2 Å². The van der Waals surface area contributed by atoms with Gasteiger partial charge in [-0.15, -0.1) is 0 Å². The number of carboxylic acid groups (broad SMARTS) is 1. The zero-order valence-corrected chi connectivity index (χ0v) is 11.8. The smallest absolute Gasteiger partial charge is 0.322 e. The summed E-state index contributed by atoms with van der Waals surface area (Å²) in [4.78, 5) is 22.4. The summed E-state index contributed by atoms with van der Waals surface area (Å²) >= 11 is 0. The summed E-state index contributed by atoms with van der Waals surface area (Å²) in [5.41, 5.74) is 0.285. The van der Waals surface area contributed by atoms with E-state index in [1.54, 1.807) is 18.2 Å². The van der Waals surface area contributed by atoms with Gasteiger partial charge in [-0.05, 0) is 18.1 Å². The lowest BCUT2D eigenvalue weighted by atomic mass is 10.1.